The molecule has 1 aliphatic rings. The van der Waals surface area contributed by atoms with Crippen LogP contribution in [0.3, 0.4) is 0 Å². The fraction of sp³-hybridized carbons (Fsp3) is 0.643. The second-order valence-corrected chi connectivity index (χ2v) is 7.43. The minimum atomic E-state index is -0.211. The molecule has 4 nitrogen and oxygen atoms in total. The number of thiophene rings is 1. The van der Waals surface area contributed by atoms with Crippen molar-refractivity contribution in [2.24, 2.45) is 0 Å². The molecule has 1 aromatic rings. The van der Waals surface area contributed by atoms with E-state index >= 15 is 0 Å². The average Bonchev–Trinajstić information content (AvgIpc) is 2.55. The zero-order valence-corrected chi connectivity index (χ0v) is 13.1. The van der Waals surface area contributed by atoms with Crippen molar-refractivity contribution >= 4 is 27.8 Å². The molecule has 0 spiro atoms. The van der Waals surface area contributed by atoms with E-state index < -0.39 is 0 Å². The summed E-state index contributed by atoms with van der Waals surface area (Å²) in [7, 11) is 0. The molecular weight excluding hydrogens is 260 g/mol. The first-order chi connectivity index (χ1) is 8.60. The first kappa shape index (κ1) is 14.3. The molecule has 0 aromatic carbocycles. The van der Waals surface area contributed by atoms with Gasteiger partial charge in [0.2, 0.25) is 0 Å². The molecule has 1 aromatic heterocycles. The van der Waals surface area contributed by atoms with Crippen molar-refractivity contribution in [1.29, 1.82) is 0 Å². The first-order valence-electron chi connectivity index (χ1n) is 6.45. The Morgan fingerprint density at radius 3 is 2.26 bits per heavy atom. The molecule has 0 amide bonds. The van der Waals surface area contributed by atoms with Crippen LogP contribution in [0.25, 0.3) is 0 Å². The summed E-state index contributed by atoms with van der Waals surface area (Å²) >= 11 is 1.47. The van der Waals surface area contributed by atoms with E-state index in [1.54, 1.807) is 6.92 Å². The van der Waals surface area contributed by atoms with Crippen molar-refractivity contribution in [1.82, 2.24) is 0 Å². The van der Waals surface area contributed by atoms with Crippen molar-refractivity contribution in [3.05, 3.63) is 10.9 Å². The number of nitrogen functional groups attached to an aromatic ring is 1. The van der Waals surface area contributed by atoms with E-state index in [4.69, 9.17) is 10.5 Å². The van der Waals surface area contributed by atoms with Crippen LogP contribution in [0.2, 0.25) is 0 Å². The van der Waals surface area contributed by atoms with Crippen LogP contribution in [0.1, 0.15) is 44.3 Å². The zero-order chi connectivity index (χ0) is 14.4. The number of anilines is 2. The molecule has 0 bridgehead atoms. The number of carbonyl (C=O) groups is 1. The molecule has 5 heteroatoms. The monoisotopic (exact) mass is 282 g/mol. The number of ether oxygens (including phenoxy) is 1. The molecular formula is C14H22N2O2S. The van der Waals surface area contributed by atoms with E-state index in [-0.39, 0.29) is 17.0 Å². The maximum atomic E-state index is 11.5. The number of carbonyl (C=O) groups excluding carboxylic acids is 1. The molecule has 1 aliphatic heterocycles. The van der Waals surface area contributed by atoms with Crippen LogP contribution in [0.5, 0.6) is 0 Å². The van der Waals surface area contributed by atoms with Crippen molar-refractivity contribution in [3.63, 3.8) is 0 Å². The number of Topliss-reactive ketones (excluding diaryl/α,β-unsaturated/α-hetero) is 1. The molecule has 0 saturated carbocycles. The molecule has 2 N–H and O–H groups in total. The summed E-state index contributed by atoms with van der Waals surface area (Å²) in [5.74, 6) is 0.0283. The summed E-state index contributed by atoms with van der Waals surface area (Å²) < 4.78 is 6.06. The molecule has 0 atom stereocenters. The Bertz CT molecular complexity index is 490. The van der Waals surface area contributed by atoms with E-state index in [0.29, 0.717) is 10.6 Å². The summed E-state index contributed by atoms with van der Waals surface area (Å²) in [6, 6.07) is 1.90. The number of nitrogens with zero attached hydrogens (tertiary/aromatic N) is 1. The highest BCUT2D eigenvalue weighted by molar-refractivity contribution is 7.18. The maximum absolute atomic E-state index is 11.5. The van der Waals surface area contributed by atoms with Crippen molar-refractivity contribution < 1.29 is 9.53 Å². The summed E-state index contributed by atoms with van der Waals surface area (Å²) in [5.41, 5.74) is 6.07. The number of rotatable bonds is 2. The van der Waals surface area contributed by atoms with Crippen LogP contribution < -0.4 is 10.6 Å². The first-order valence-corrected chi connectivity index (χ1v) is 7.27. The number of nitrogens with two attached hydrogens (primary N) is 1. The van der Waals surface area contributed by atoms with E-state index in [9.17, 15) is 4.79 Å². The van der Waals surface area contributed by atoms with Gasteiger partial charge in [0.1, 0.15) is 0 Å². The smallest absolute Gasteiger partial charge is 0.171 e. The van der Waals surface area contributed by atoms with Gasteiger partial charge in [-0.1, -0.05) is 0 Å². The van der Waals surface area contributed by atoms with Gasteiger partial charge < -0.3 is 15.4 Å². The van der Waals surface area contributed by atoms with E-state index in [2.05, 4.69) is 32.6 Å². The van der Waals surface area contributed by atoms with Gasteiger partial charge in [-0.2, -0.15) is 0 Å². The Hall–Kier alpha value is -1.07. The lowest BCUT2D eigenvalue weighted by molar-refractivity contribution is -0.132. The van der Waals surface area contributed by atoms with Crippen LogP contribution in [0, 0.1) is 0 Å². The molecule has 1 fully saturated rings. The molecule has 1 saturated heterocycles. The fourth-order valence-corrected chi connectivity index (χ4v) is 3.74. The fourth-order valence-electron chi connectivity index (χ4n) is 2.77. The van der Waals surface area contributed by atoms with Gasteiger partial charge in [-0.25, -0.2) is 0 Å². The molecule has 2 rings (SSSR count). The Morgan fingerprint density at radius 1 is 1.32 bits per heavy atom. The third-order valence-electron chi connectivity index (χ3n) is 3.08. The van der Waals surface area contributed by atoms with Gasteiger partial charge >= 0.3 is 0 Å². The average molecular weight is 282 g/mol. The number of morpholine rings is 1. The lowest BCUT2D eigenvalue weighted by Crippen LogP contribution is -2.57. The number of hydrogen-bond acceptors (Lipinski definition) is 5. The van der Waals surface area contributed by atoms with Gasteiger partial charge in [0.25, 0.3) is 0 Å². The van der Waals surface area contributed by atoms with Gasteiger partial charge in [-0.3, -0.25) is 4.79 Å². The third kappa shape index (κ3) is 3.09. The van der Waals surface area contributed by atoms with Crippen LogP contribution >= 0.6 is 11.3 Å². The Balaban J connectivity index is 2.31. The molecule has 2 heterocycles. The SMILES string of the molecule is CC(=O)c1sc(N2CC(C)(C)OC(C)(C)C2)cc1N. The largest absolute Gasteiger partial charge is 0.397 e. The van der Waals surface area contributed by atoms with Crippen LogP contribution in [-0.4, -0.2) is 30.1 Å². The van der Waals surface area contributed by atoms with Crippen LogP contribution in [-0.2, 0) is 4.74 Å². The van der Waals surface area contributed by atoms with E-state index in [1.807, 2.05) is 6.07 Å². The second kappa shape index (κ2) is 4.49. The summed E-state index contributed by atoms with van der Waals surface area (Å²) in [6.07, 6.45) is 0. The number of ketones is 1. The van der Waals surface area contributed by atoms with Crippen molar-refractivity contribution in [2.75, 3.05) is 23.7 Å². The molecule has 0 unspecified atom stereocenters. The highest BCUT2D eigenvalue weighted by Gasteiger charge is 2.38. The summed E-state index contributed by atoms with van der Waals surface area (Å²) in [5, 5.41) is 1.05. The zero-order valence-electron chi connectivity index (χ0n) is 12.2. The Morgan fingerprint density at radius 2 is 1.84 bits per heavy atom. The lowest BCUT2D eigenvalue weighted by Gasteiger charge is -2.47. The summed E-state index contributed by atoms with van der Waals surface area (Å²) in [6.45, 7) is 11.5. The summed E-state index contributed by atoms with van der Waals surface area (Å²) in [4.78, 5) is 14.4. The normalized spacial score (nSPS) is 21.4. The molecule has 0 radical (unpaired) electrons. The molecule has 0 aliphatic carbocycles. The minimum Gasteiger partial charge on any atom is -0.397 e. The van der Waals surface area contributed by atoms with Crippen molar-refractivity contribution in [3.8, 4) is 0 Å². The van der Waals surface area contributed by atoms with Crippen LogP contribution in [0.4, 0.5) is 10.7 Å². The van der Waals surface area contributed by atoms with E-state index in [1.165, 1.54) is 11.3 Å². The van der Waals surface area contributed by atoms with Crippen molar-refractivity contribution in [2.45, 2.75) is 45.8 Å². The lowest BCUT2D eigenvalue weighted by atomic mass is 9.99. The van der Waals surface area contributed by atoms with Gasteiger partial charge in [0.15, 0.2) is 5.78 Å². The predicted molar refractivity (Wildman–Crippen MR) is 80.2 cm³/mol. The second-order valence-electron chi connectivity index (χ2n) is 6.40. The Labute approximate surface area is 118 Å². The number of hydrogen-bond donors (Lipinski definition) is 1. The van der Waals surface area contributed by atoms with Gasteiger partial charge in [0.05, 0.1) is 26.8 Å². The highest BCUT2D eigenvalue weighted by Crippen LogP contribution is 2.37. The standard InChI is InChI=1S/C14H22N2O2S/c1-9(17)12-10(15)6-11(19-12)16-7-13(2,3)18-14(4,5)8-16/h6H,7-8,15H2,1-5H3. The minimum absolute atomic E-state index is 0.0283. The maximum Gasteiger partial charge on any atom is 0.171 e. The predicted octanol–water partition coefficient (Wildman–Crippen LogP) is 2.93. The Kier molecular flexibility index (Phi) is 3.39. The third-order valence-corrected chi connectivity index (χ3v) is 4.39. The quantitative estimate of drug-likeness (QED) is 0.847. The topological polar surface area (TPSA) is 55.6 Å². The highest BCUT2D eigenvalue weighted by atomic mass is 32.1. The van der Waals surface area contributed by atoms with Crippen LogP contribution in [0.15, 0.2) is 6.07 Å². The van der Waals surface area contributed by atoms with E-state index in [0.717, 1.165) is 18.1 Å². The molecule has 106 valence electrons. The molecule has 19 heavy (non-hydrogen) atoms. The van der Waals surface area contributed by atoms with Gasteiger partial charge in [0, 0.05) is 20.0 Å². The van der Waals surface area contributed by atoms with Gasteiger partial charge in [-0.15, -0.1) is 11.3 Å². The van der Waals surface area contributed by atoms with Gasteiger partial charge in [-0.05, 0) is 33.8 Å².